The van der Waals surface area contributed by atoms with E-state index in [1.54, 1.807) is 6.26 Å². The highest BCUT2D eigenvalue weighted by molar-refractivity contribution is 7.84. The number of rotatable bonds is 2. The first-order valence-corrected chi connectivity index (χ1v) is 9.34. The Labute approximate surface area is 136 Å². The highest BCUT2D eigenvalue weighted by Gasteiger charge is 2.20. The standard InChI is InChI=1S/C19H19OPS/c1-12-13(2)19-11-15(21)6-9-17(19)18(12)10-14-4-7-16(8-5-14)22(3)20/h4-11H,21H2,1-3H3/b18-10-. The molecule has 2 aromatic carbocycles. The van der Waals surface area contributed by atoms with Crippen molar-refractivity contribution in [2.45, 2.75) is 18.7 Å². The Bertz CT molecular complexity index is 829. The zero-order valence-electron chi connectivity index (χ0n) is 13.0. The highest BCUT2D eigenvalue weighted by atomic mass is 32.2. The molecule has 3 heteroatoms. The van der Waals surface area contributed by atoms with E-state index in [1.165, 1.54) is 33.2 Å². The third kappa shape index (κ3) is 2.74. The topological polar surface area (TPSA) is 17.1 Å². The third-order valence-electron chi connectivity index (χ3n) is 4.23. The van der Waals surface area contributed by atoms with E-state index < -0.39 is 10.8 Å². The minimum Gasteiger partial charge on any atom is -0.255 e. The van der Waals surface area contributed by atoms with Crippen LogP contribution in [0.1, 0.15) is 30.5 Å². The van der Waals surface area contributed by atoms with Crippen molar-refractivity contribution in [3.8, 4) is 0 Å². The molecule has 2 atom stereocenters. The molecule has 1 aliphatic rings. The first-order valence-electron chi connectivity index (χ1n) is 7.20. The van der Waals surface area contributed by atoms with Crippen LogP contribution in [-0.2, 0) is 10.8 Å². The summed E-state index contributed by atoms with van der Waals surface area (Å²) in [5.74, 6) is 0. The first-order chi connectivity index (χ1) is 10.5. The van der Waals surface area contributed by atoms with E-state index >= 15 is 0 Å². The van der Waals surface area contributed by atoms with Crippen molar-refractivity contribution in [1.82, 2.24) is 0 Å². The van der Waals surface area contributed by atoms with Gasteiger partial charge in [0.2, 0.25) is 0 Å². The van der Waals surface area contributed by atoms with Gasteiger partial charge in [-0.3, -0.25) is 4.21 Å². The Kier molecular flexibility index (Phi) is 4.16. The Balaban J connectivity index is 2.07. The van der Waals surface area contributed by atoms with Crippen molar-refractivity contribution >= 4 is 42.6 Å². The summed E-state index contributed by atoms with van der Waals surface area (Å²) in [6.07, 6.45) is 3.92. The van der Waals surface area contributed by atoms with Crippen LogP contribution in [0.3, 0.4) is 0 Å². The molecule has 0 saturated heterocycles. The Morgan fingerprint density at radius 1 is 0.955 bits per heavy atom. The number of hydrogen-bond acceptors (Lipinski definition) is 1. The molecule has 0 radical (unpaired) electrons. The maximum absolute atomic E-state index is 11.5. The van der Waals surface area contributed by atoms with Crippen molar-refractivity contribution in [3.05, 3.63) is 64.7 Å². The van der Waals surface area contributed by atoms with Crippen LogP contribution in [-0.4, -0.2) is 10.5 Å². The fourth-order valence-electron chi connectivity index (χ4n) is 2.82. The van der Waals surface area contributed by atoms with Gasteiger partial charge in [0.25, 0.3) is 0 Å². The number of hydrogen-bond donors (Lipinski definition) is 0. The lowest BCUT2D eigenvalue weighted by Crippen LogP contribution is -1.93. The van der Waals surface area contributed by atoms with Crippen LogP contribution in [0.5, 0.6) is 0 Å². The summed E-state index contributed by atoms with van der Waals surface area (Å²) in [4.78, 5) is 0.866. The van der Waals surface area contributed by atoms with Gasteiger partial charge in [0.1, 0.15) is 0 Å². The summed E-state index contributed by atoms with van der Waals surface area (Å²) in [5, 5.41) is 1.21. The normalized spacial score (nSPS) is 17.0. The third-order valence-corrected chi connectivity index (χ3v) is 5.52. The van der Waals surface area contributed by atoms with E-state index in [4.69, 9.17) is 0 Å². The van der Waals surface area contributed by atoms with Gasteiger partial charge in [-0.05, 0) is 76.8 Å². The van der Waals surface area contributed by atoms with Gasteiger partial charge in [0, 0.05) is 22.0 Å². The molecule has 0 aromatic heterocycles. The fraction of sp³-hybridized carbons (Fsp3) is 0.158. The minimum absolute atomic E-state index is 0.866. The van der Waals surface area contributed by atoms with Crippen LogP contribution in [0.15, 0.2) is 52.9 Å². The Hall–Kier alpha value is -1.50. The number of benzene rings is 2. The maximum atomic E-state index is 11.5. The van der Waals surface area contributed by atoms with Crippen molar-refractivity contribution in [2.24, 2.45) is 0 Å². The van der Waals surface area contributed by atoms with Gasteiger partial charge >= 0.3 is 0 Å². The van der Waals surface area contributed by atoms with Gasteiger partial charge in [-0.15, -0.1) is 9.24 Å². The predicted molar refractivity (Wildman–Crippen MR) is 101 cm³/mol. The van der Waals surface area contributed by atoms with Crippen LogP contribution in [0.4, 0.5) is 0 Å². The summed E-state index contributed by atoms with van der Waals surface area (Å²) in [6, 6.07) is 14.5. The van der Waals surface area contributed by atoms with E-state index in [0.717, 1.165) is 10.5 Å². The Morgan fingerprint density at radius 2 is 1.64 bits per heavy atom. The van der Waals surface area contributed by atoms with Crippen LogP contribution in [0.25, 0.3) is 17.2 Å². The minimum atomic E-state index is -0.925. The average molecular weight is 326 g/mol. The lowest BCUT2D eigenvalue weighted by Gasteiger charge is -2.05. The summed E-state index contributed by atoms with van der Waals surface area (Å²) in [5.41, 5.74) is 7.71. The van der Waals surface area contributed by atoms with Crippen LogP contribution in [0.2, 0.25) is 0 Å². The van der Waals surface area contributed by atoms with E-state index in [1.807, 2.05) is 24.3 Å². The quantitative estimate of drug-likeness (QED) is 0.753. The van der Waals surface area contributed by atoms with Crippen LogP contribution in [0, 0.1) is 0 Å². The maximum Gasteiger partial charge on any atom is 0.0498 e. The van der Waals surface area contributed by atoms with E-state index in [9.17, 15) is 4.21 Å². The zero-order valence-corrected chi connectivity index (χ0v) is 15.0. The summed E-state index contributed by atoms with van der Waals surface area (Å²) in [7, 11) is 1.84. The van der Waals surface area contributed by atoms with Gasteiger partial charge in [-0.2, -0.15) is 0 Å². The largest absolute Gasteiger partial charge is 0.255 e. The SMILES string of the molecule is CC1=C(C)c2cc(P)ccc2/C1=C\c1ccc(S(C)=O)cc1. The lowest BCUT2D eigenvalue weighted by atomic mass is 10.0. The average Bonchev–Trinajstić information content (AvgIpc) is 2.73. The highest BCUT2D eigenvalue weighted by Crippen LogP contribution is 2.41. The van der Waals surface area contributed by atoms with Crippen molar-refractivity contribution < 1.29 is 4.21 Å². The van der Waals surface area contributed by atoms with Crippen molar-refractivity contribution in [1.29, 1.82) is 0 Å². The lowest BCUT2D eigenvalue weighted by molar-refractivity contribution is 0.687. The number of fused-ring (bicyclic) bond motifs is 1. The van der Waals surface area contributed by atoms with E-state index in [2.05, 4.69) is 47.4 Å². The van der Waals surface area contributed by atoms with Crippen molar-refractivity contribution in [3.63, 3.8) is 0 Å². The van der Waals surface area contributed by atoms with E-state index in [-0.39, 0.29) is 0 Å². The van der Waals surface area contributed by atoms with Gasteiger partial charge in [-0.25, -0.2) is 0 Å². The number of allylic oxidation sites excluding steroid dienone is 3. The molecule has 0 saturated carbocycles. The molecule has 0 heterocycles. The van der Waals surface area contributed by atoms with Gasteiger partial charge < -0.3 is 0 Å². The summed E-state index contributed by atoms with van der Waals surface area (Å²) >= 11 is 0. The van der Waals surface area contributed by atoms with E-state index in [0.29, 0.717) is 0 Å². The molecule has 3 rings (SSSR count). The molecule has 22 heavy (non-hydrogen) atoms. The smallest absolute Gasteiger partial charge is 0.0498 e. The molecule has 112 valence electrons. The molecule has 2 aromatic rings. The molecule has 0 fully saturated rings. The fourth-order valence-corrected chi connectivity index (χ4v) is 3.60. The molecule has 0 bridgehead atoms. The molecule has 0 aliphatic heterocycles. The second-order valence-electron chi connectivity index (χ2n) is 5.64. The predicted octanol–water partition coefficient (Wildman–Crippen LogP) is 4.27. The summed E-state index contributed by atoms with van der Waals surface area (Å²) < 4.78 is 11.5. The van der Waals surface area contributed by atoms with Crippen LogP contribution >= 0.6 is 9.24 Å². The zero-order chi connectivity index (χ0) is 15.9. The molecular formula is C19H19OPS. The molecule has 1 nitrogen and oxygen atoms in total. The monoisotopic (exact) mass is 326 g/mol. The Morgan fingerprint density at radius 3 is 2.27 bits per heavy atom. The van der Waals surface area contributed by atoms with Crippen LogP contribution < -0.4 is 5.30 Å². The molecule has 1 aliphatic carbocycles. The van der Waals surface area contributed by atoms with Gasteiger partial charge in [-0.1, -0.05) is 24.3 Å². The second kappa shape index (κ2) is 5.95. The molecule has 2 unspecified atom stereocenters. The molecule has 0 amide bonds. The molecule has 0 spiro atoms. The molecule has 0 N–H and O–H groups in total. The second-order valence-corrected chi connectivity index (χ2v) is 7.68. The first kappa shape index (κ1) is 15.4. The van der Waals surface area contributed by atoms with Gasteiger partial charge in [0.05, 0.1) is 0 Å². The van der Waals surface area contributed by atoms with Gasteiger partial charge in [0.15, 0.2) is 0 Å². The molecular weight excluding hydrogens is 307 g/mol. The van der Waals surface area contributed by atoms with Crippen molar-refractivity contribution in [2.75, 3.05) is 6.26 Å². The summed E-state index contributed by atoms with van der Waals surface area (Å²) in [6.45, 7) is 4.36.